The first-order valence-corrected chi connectivity index (χ1v) is 6.91. The summed E-state index contributed by atoms with van der Waals surface area (Å²) in [5.41, 5.74) is 0.481. The standard InChI is InChI=1S/C13H24N4O3/c1-6-7-11(8-20-5)14-13-12(17(18)19)10(4)15-16(13)9(2)3/h9,11,14H,6-8H2,1-5H3. The predicted molar refractivity (Wildman–Crippen MR) is 78.2 cm³/mol. The van der Waals surface area contributed by atoms with E-state index >= 15 is 0 Å². The number of nitrogens with zero attached hydrogens (tertiary/aromatic N) is 3. The first-order chi connectivity index (χ1) is 9.42. The van der Waals surface area contributed by atoms with Gasteiger partial charge in [-0.15, -0.1) is 0 Å². The average Bonchev–Trinajstić information content (AvgIpc) is 2.67. The van der Waals surface area contributed by atoms with Gasteiger partial charge in [0, 0.05) is 13.2 Å². The molecule has 1 rings (SSSR count). The first kappa shape index (κ1) is 16.4. The van der Waals surface area contributed by atoms with Crippen molar-refractivity contribution < 1.29 is 9.66 Å². The number of nitro groups is 1. The van der Waals surface area contributed by atoms with Gasteiger partial charge in [-0.25, -0.2) is 4.68 Å². The van der Waals surface area contributed by atoms with Gasteiger partial charge < -0.3 is 10.1 Å². The van der Waals surface area contributed by atoms with Gasteiger partial charge >= 0.3 is 5.69 Å². The average molecular weight is 284 g/mol. The molecule has 1 aromatic heterocycles. The maximum atomic E-state index is 11.3. The molecule has 0 amide bonds. The molecule has 0 saturated heterocycles. The van der Waals surface area contributed by atoms with Gasteiger partial charge in [-0.3, -0.25) is 10.1 Å². The lowest BCUT2D eigenvalue weighted by molar-refractivity contribution is -0.384. The number of hydrogen-bond acceptors (Lipinski definition) is 5. The van der Waals surface area contributed by atoms with E-state index in [0.717, 1.165) is 12.8 Å². The third-order valence-corrected chi connectivity index (χ3v) is 3.07. The highest BCUT2D eigenvalue weighted by atomic mass is 16.6. The fourth-order valence-corrected chi connectivity index (χ4v) is 2.21. The normalized spacial score (nSPS) is 12.7. The van der Waals surface area contributed by atoms with Gasteiger partial charge in [-0.1, -0.05) is 13.3 Å². The molecule has 0 aliphatic rings. The molecule has 0 aliphatic carbocycles. The van der Waals surface area contributed by atoms with E-state index in [1.165, 1.54) is 0 Å². The molecule has 1 aromatic rings. The van der Waals surface area contributed by atoms with Crippen molar-refractivity contribution in [2.75, 3.05) is 19.0 Å². The molecule has 0 aliphatic heterocycles. The van der Waals surface area contributed by atoms with Crippen LogP contribution in [0, 0.1) is 17.0 Å². The monoisotopic (exact) mass is 284 g/mol. The fraction of sp³-hybridized carbons (Fsp3) is 0.769. The number of hydrogen-bond donors (Lipinski definition) is 1. The van der Waals surface area contributed by atoms with Crippen molar-refractivity contribution in [3.8, 4) is 0 Å². The van der Waals surface area contributed by atoms with Crippen LogP contribution in [0.3, 0.4) is 0 Å². The van der Waals surface area contributed by atoms with Gasteiger partial charge in [0.2, 0.25) is 5.82 Å². The lowest BCUT2D eigenvalue weighted by Gasteiger charge is -2.19. The molecular formula is C13H24N4O3. The minimum absolute atomic E-state index is 0.0392. The minimum atomic E-state index is -0.376. The Bertz CT molecular complexity index is 451. The molecule has 7 heteroatoms. The quantitative estimate of drug-likeness (QED) is 0.586. The molecule has 0 spiro atoms. The van der Waals surface area contributed by atoms with Crippen LogP contribution in [0.25, 0.3) is 0 Å². The fourth-order valence-electron chi connectivity index (χ4n) is 2.21. The van der Waals surface area contributed by atoms with Crippen molar-refractivity contribution in [1.29, 1.82) is 0 Å². The van der Waals surface area contributed by atoms with Crippen molar-refractivity contribution in [2.24, 2.45) is 0 Å². The molecule has 114 valence electrons. The van der Waals surface area contributed by atoms with Gasteiger partial charge in [0.1, 0.15) is 5.69 Å². The molecule has 0 fully saturated rings. The molecule has 7 nitrogen and oxygen atoms in total. The van der Waals surface area contributed by atoms with Crippen LogP contribution in [0.5, 0.6) is 0 Å². The number of ether oxygens (including phenoxy) is 1. The van der Waals surface area contributed by atoms with E-state index in [1.807, 2.05) is 13.8 Å². The smallest absolute Gasteiger partial charge is 0.333 e. The van der Waals surface area contributed by atoms with Gasteiger partial charge in [0.15, 0.2) is 0 Å². The second-order valence-electron chi connectivity index (χ2n) is 5.16. The van der Waals surface area contributed by atoms with Crippen LogP contribution in [-0.2, 0) is 4.74 Å². The van der Waals surface area contributed by atoms with Crippen LogP contribution in [0.1, 0.15) is 45.3 Å². The number of methoxy groups -OCH3 is 1. The molecule has 0 radical (unpaired) electrons. The number of anilines is 1. The zero-order valence-electron chi connectivity index (χ0n) is 12.8. The molecule has 1 unspecified atom stereocenters. The van der Waals surface area contributed by atoms with Crippen LogP contribution in [0.15, 0.2) is 0 Å². The topological polar surface area (TPSA) is 82.2 Å². The van der Waals surface area contributed by atoms with Crippen LogP contribution >= 0.6 is 0 Å². The molecule has 1 heterocycles. The van der Waals surface area contributed by atoms with Crippen molar-refractivity contribution in [3.05, 3.63) is 15.8 Å². The highest BCUT2D eigenvalue weighted by molar-refractivity contribution is 5.60. The maximum Gasteiger partial charge on any atom is 0.333 e. The van der Waals surface area contributed by atoms with E-state index in [4.69, 9.17) is 4.74 Å². The summed E-state index contributed by atoms with van der Waals surface area (Å²) in [4.78, 5) is 10.9. The lowest BCUT2D eigenvalue weighted by atomic mass is 10.2. The van der Waals surface area contributed by atoms with Crippen LogP contribution in [0.2, 0.25) is 0 Å². The first-order valence-electron chi connectivity index (χ1n) is 6.91. The third kappa shape index (κ3) is 3.69. The summed E-state index contributed by atoms with van der Waals surface area (Å²) in [7, 11) is 1.63. The molecule has 20 heavy (non-hydrogen) atoms. The Morgan fingerprint density at radius 2 is 2.15 bits per heavy atom. The molecule has 1 atom stereocenters. The number of aromatic nitrogens is 2. The Balaban J connectivity index is 3.15. The molecular weight excluding hydrogens is 260 g/mol. The van der Waals surface area contributed by atoms with Crippen molar-refractivity contribution >= 4 is 11.5 Å². The number of rotatable bonds is 8. The predicted octanol–water partition coefficient (Wildman–Crippen LogP) is 2.91. The highest BCUT2D eigenvalue weighted by Crippen LogP contribution is 2.31. The lowest BCUT2D eigenvalue weighted by Crippen LogP contribution is -2.27. The van der Waals surface area contributed by atoms with Gasteiger partial charge in [-0.05, 0) is 27.2 Å². The highest BCUT2D eigenvalue weighted by Gasteiger charge is 2.28. The molecule has 0 bridgehead atoms. The summed E-state index contributed by atoms with van der Waals surface area (Å²) in [6.45, 7) is 8.14. The third-order valence-electron chi connectivity index (χ3n) is 3.07. The molecule has 0 aromatic carbocycles. The number of aryl methyl sites for hydroxylation is 1. The maximum absolute atomic E-state index is 11.3. The minimum Gasteiger partial charge on any atom is -0.383 e. The zero-order valence-corrected chi connectivity index (χ0v) is 12.8. The molecule has 1 N–H and O–H groups in total. The Labute approximate surface area is 119 Å². The summed E-state index contributed by atoms with van der Waals surface area (Å²) < 4.78 is 6.85. The second-order valence-corrected chi connectivity index (χ2v) is 5.16. The Morgan fingerprint density at radius 3 is 2.60 bits per heavy atom. The van der Waals surface area contributed by atoms with Crippen molar-refractivity contribution in [3.63, 3.8) is 0 Å². The van der Waals surface area contributed by atoms with E-state index in [-0.39, 0.29) is 22.7 Å². The summed E-state index contributed by atoms with van der Waals surface area (Å²) in [5, 5.41) is 18.8. The van der Waals surface area contributed by atoms with E-state index in [0.29, 0.717) is 18.1 Å². The van der Waals surface area contributed by atoms with E-state index in [2.05, 4.69) is 17.3 Å². The van der Waals surface area contributed by atoms with E-state index < -0.39 is 0 Å². The van der Waals surface area contributed by atoms with Crippen LogP contribution in [0.4, 0.5) is 11.5 Å². The Kier molecular flexibility index (Phi) is 5.94. The van der Waals surface area contributed by atoms with Gasteiger partial charge in [0.05, 0.1) is 17.6 Å². The Hall–Kier alpha value is -1.63. The van der Waals surface area contributed by atoms with Crippen molar-refractivity contribution in [2.45, 2.75) is 52.6 Å². The summed E-state index contributed by atoms with van der Waals surface area (Å²) in [6.07, 6.45) is 1.86. The van der Waals surface area contributed by atoms with E-state index in [1.54, 1.807) is 18.7 Å². The van der Waals surface area contributed by atoms with Gasteiger partial charge in [0.25, 0.3) is 0 Å². The SMILES string of the molecule is CCCC(COC)Nc1c([N+](=O)[O-])c(C)nn1C(C)C. The van der Waals surface area contributed by atoms with Crippen LogP contribution < -0.4 is 5.32 Å². The summed E-state index contributed by atoms with van der Waals surface area (Å²) >= 11 is 0. The zero-order chi connectivity index (χ0) is 15.3. The largest absolute Gasteiger partial charge is 0.383 e. The Morgan fingerprint density at radius 1 is 1.50 bits per heavy atom. The summed E-state index contributed by atoms with van der Waals surface area (Å²) in [5.74, 6) is 0.470. The molecule has 0 saturated carbocycles. The van der Waals surface area contributed by atoms with Crippen molar-refractivity contribution in [1.82, 2.24) is 9.78 Å². The van der Waals surface area contributed by atoms with Gasteiger partial charge in [-0.2, -0.15) is 5.10 Å². The second kappa shape index (κ2) is 7.23. The van der Waals surface area contributed by atoms with E-state index in [9.17, 15) is 10.1 Å². The van der Waals surface area contributed by atoms with Crippen LogP contribution in [-0.4, -0.2) is 34.5 Å². The summed E-state index contributed by atoms with van der Waals surface area (Å²) in [6, 6.07) is 0.0898. The number of nitrogens with one attached hydrogen (secondary N) is 1.